The SMILES string of the molecule is Cl[Si](Cl)(Nc1ccccc1)c1ccccc1. The van der Waals surface area contributed by atoms with Crippen molar-refractivity contribution in [2.75, 3.05) is 4.98 Å². The van der Waals surface area contributed by atoms with Gasteiger partial charge in [0.05, 0.1) is 0 Å². The van der Waals surface area contributed by atoms with Gasteiger partial charge in [-0.2, -0.15) is 0 Å². The first-order valence-corrected chi connectivity index (χ1v) is 8.97. The summed E-state index contributed by atoms with van der Waals surface area (Å²) in [7, 11) is 0. The van der Waals surface area contributed by atoms with Crippen molar-refractivity contribution in [2.45, 2.75) is 0 Å². The molecule has 82 valence electrons. The summed E-state index contributed by atoms with van der Waals surface area (Å²) in [5, 5.41) is 0.960. The Kier molecular flexibility index (Phi) is 3.54. The van der Waals surface area contributed by atoms with Crippen molar-refractivity contribution in [3.63, 3.8) is 0 Å². The number of halogens is 2. The maximum Gasteiger partial charge on any atom is 0.383 e. The van der Waals surface area contributed by atoms with Gasteiger partial charge in [0, 0.05) is 5.69 Å². The first-order valence-electron chi connectivity index (χ1n) is 4.95. The van der Waals surface area contributed by atoms with E-state index in [2.05, 4.69) is 4.98 Å². The fourth-order valence-corrected chi connectivity index (χ4v) is 4.12. The van der Waals surface area contributed by atoms with Gasteiger partial charge in [0.2, 0.25) is 0 Å². The van der Waals surface area contributed by atoms with E-state index in [0.29, 0.717) is 0 Å². The number of hydrogen-bond acceptors (Lipinski definition) is 1. The van der Waals surface area contributed by atoms with E-state index >= 15 is 0 Å². The van der Waals surface area contributed by atoms with Gasteiger partial charge in [-0.1, -0.05) is 48.5 Å². The lowest BCUT2D eigenvalue weighted by Gasteiger charge is -2.19. The molecule has 0 amide bonds. The average molecular weight is 268 g/mol. The molecular weight excluding hydrogens is 257 g/mol. The largest absolute Gasteiger partial charge is 0.384 e. The Morgan fingerprint density at radius 3 is 1.81 bits per heavy atom. The van der Waals surface area contributed by atoms with Gasteiger partial charge >= 0.3 is 6.86 Å². The van der Waals surface area contributed by atoms with Crippen molar-refractivity contribution < 1.29 is 0 Å². The van der Waals surface area contributed by atoms with Gasteiger partial charge in [0.1, 0.15) is 0 Å². The van der Waals surface area contributed by atoms with Gasteiger partial charge in [-0.05, 0) is 17.3 Å². The maximum absolute atomic E-state index is 6.39. The second-order valence-electron chi connectivity index (χ2n) is 3.43. The molecule has 0 unspecified atom stereocenters. The Morgan fingerprint density at radius 1 is 0.750 bits per heavy atom. The minimum atomic E-state index is -2.63. The molecule has 2 aromatic rings. The van der Waals surface area contributed by atoms with Crippen LogP contribution in [0.15, 0.2) is 60.7 Å². The molecule has 0 aliphatic heterocycles. The minimum Gasteiger partial charge on any atom is -0.384 e. The highest BCUT2D eigenvalue weighted by Crippen LogP contribution is 2.18. The average Bonchev–Trinajstić information content (AvgIpc) is 2.31. The van der Waals surface area contributed by atoms with E-state index in [1.54, 1.807) is 0 Å². The van der Waals surface area contributed by atoms with Gasteiger partial charge in [-0.15, -0.1) is 22.2 Å². The Morgan fingerprint density at radius 2 is 1.25 bits per heavy atom. The number of rotatable bonds is 3. The number of hydrogen-bond donors (Lipinski definition) is 1. The molecule has 16 heavy (non-hydrogen) atoms. The molecule has 0 heterocycles. The molecule has 2 rings (SSSR count). The molecule has 0 bridgehead atoms. The maximum atomic E-state index is 6.39. The van der Waals surface area contributed by atoms with Crippen molar-refractivity contribution in [3.05, 3.63) is 60.7 Å². The molecule has 0 fully saturated rings. The molecule has 0 aliphatic carbocycles. The summed E-state index contributed by atoms with van der Waals surface area (Å²) < 4.78 is 0. The van der Waals surface area contributed by atoms with E-state index < -0.39 is 6.86 Å². The van der Waals surface area contributed by atoms with E-state index in [9.17, 15) is 0 Å². The highest BCUT2D eigenvalue weighted by atomic mass is 35.7. The molecule has 2 aromatic carbocycles. The third-order valence-electron chi connectivity index (χ3n) is 2.21. The van der Waals surface area contributed by atoms with E-state index in [-0.39, 0.29) is 0 Å². The van der Waals surface area contributed by atoms with Gasteiger partial charge in [-0.25, -0.2) is 0 Å². The Hall–Kier alpha value is -0.963. The van der Waals surface area contributed by atoms with Crippen LogP contribution in [-0.4, -0.2) is 6.86 Å². The van der Waals surface area contributed by atoms with Crippen LogP contribution in [-0.2, 0) is 0 Å². The Labute approximate surface area is 106 Å². The third kappa shape index (κ3) is 2.79. The number of anilines is 1. The van der Waals surface area contributed by atoms with Crippen molar-refractivity contribution in [3.8, 4) is 0 Å². The predicted octanol–water partition coefficient (Wildman–Crippen LogP) is 3.42. The van der Waals surface area contributed by atoms with Crippen LogP contribution in [0.3, 0.4) is 0 Å². The summed E-state index contributed by atoms with van der Waals surface area (Å²) in [6, 6.07) is 19.5. The highest BCUT2D eigenvalue weighted by molar-refractivity contribution is 7.52. The van der Waals surface area contributed by atoms with Gasteiger partial charge < -0.3 is 4.98 Å². The molecule has 1 nitrogen and oxygen atoms in total. The van der Waals surface area contributed by atoms with Gasteiger partial charge in [0.25, 0.3) is 0 Å². The summed E-state index contributed by atoms with van der Waals surface area (Å²) >= 11 is 12.8. The zero-order chi connectivity index (χ0) is 11.4. The molecule has 0 atom stereocenters. The summed E-state index contributed by atoms with van der Waals surface area (Å²) in [5.41, 5.74) is 0.947. The molecule has 0 saturated heterocycles. The Bertz CT molecular complexity index is 445. The van der Waals surface area contributed by atoms with E-state index in [4.69, 9.17) is 22.2 Å². The topological polar surface area (TPSA) is 12.0 Å². The zero-order valence-corrected chi connectivity index (χ0v) is 11.0. The summed E-state index contributed by atoms with van der Waals surface area (Å²) in [6.07, 6.45) is 0. The van der Waals surface area contributed by atoms with Crippen LogP contribution in [0.1, 0.15) is 0 Å². The molecule has 4 heteroatoms. The second-order valence-corrected chi connectivity index (χ2v) is 9.39. The standard InChI is InChI=1S/C12H11Cl2NSi/c13-16(14,12-9-5-2-6-10-12)15-11-7-3-1-4-8-11/h1-10,15H. The van der Waals surface area contributed by atoms with Crippen LogP contribution in [0.25, 0.3) is 0 Å². The summed E-state index contributed by atoms with van der Waals surface area (Å²) in [5.74, 6) is 0. The van der Waals surface area contributed by atoms with E-state index in [0.717, 1.165) is 10.9 Å². The van der Waals surface area contributed by atoms with Crippen LogP contribution in [0, 0.1) is 0 Å². The predicted molar refractivity (Wildman–Crippen MR) is 73.6 cm³/mol. The van der Waals surface area contributed by atoms with Crippen molar-refractivity contribution in [2.24, 2.45) is 0 Å². The first kappa shape index (κ1) is 11.5. The fraction of sp³-hybridized carbons (Fsp3) is 0. The number of para-hydroxylation sites is 1. The number of nitrogens with one attached hydrogen (secondary N) is 1. The normalized spacial score (nSPS) is 11.1. The summed E-state index contributed by atoms with van der Waals surface area (Å²) in [4.78, 5) is 3.20. The van der Waals surface area contributed by atoms with Crippen molar-refractivity contribution in [1.82, 2.24) is 0 Å². The van der Waals surface area contributed by atoms with Crippen LogP contribution >= 0.6 is 22.2 Å². The smallest absolute Gasteiger partial charge is 0.383 e. The van der Waals surface area contributed by atoms with Crippen LogP contribution in [0.2, 0.25) is 0 Å². The highest BCUT2D eigenvalue weighted by Gasteiger charge is 2.31. The molecule has 0 radical (unpaired) electrons. The van der Waals surface area contributed by atoms with Crippen molar-refractivity contribution in [1.29, 1.82) is 0 Å². The second kappa shape index (κ2) is 4.91. The first-order chi connectivity index (χ1) is 7.68. The fourth-order valence-electron chi connectivity index (χ4n) is 1.42. The quantitative estimate of drug-likeness (QED) is 0.664. The minimum absolute atomic E-state index is 0.947. The lowest BCUT2D eigenvalue weighted by molar-refractivity contribution is 1.65. The monoisotopic (exact) mass is 267 g/mol. The van der Waals surface area contributed by atoms with Gasteiger partial charge in [-0.3, -0.25) is 0 Å². The van der Waals surface area contributed by atoms with Crippen molar-refractivity contribution >= 4 is 39.9 Å². The summed E-state index contributed by atoms with van der Waals surface area (Å²) in [6.45, 7) is -2.63. The lowest BCUT2D eigenvalue weighted by Crippen LogP contribution is -2.44. The lowest BCUT2D eigenvalue weighted by atomic mass is 10.3. The van der Waals surface area contributed by atoms with E-state index in [1.165, 1.54) is 0 Å². The molecule has 1 N–H and O–H groups in total. The molecular formula is C12H11Cl2NSi. The van der Waals surface area contributed by atoms with Crippen LogP contribution in [0.4, 0.5) is 5.69 Å². The van der Waals surface area contributed by atoms with Crippen LogP contribution in [0.5, 0.6) is 0 Å². The molecule has 0 spiro atoms. The Balaban J connectivity index is 2.21. The zero-order valence-electron chi connectivity index (χ0n) is 8.53. The third-order valence-corrected chi connectivity index (χ3v) is 5.75. The van der Waals surface area contributed by atoms with Crippen LogP contribution < -0.4 is 10.2 Å². The number of benzene rings is 2. The molecule has 0 aliphatic rings. The molecule has 0 aromatic heterocycles. The van der Waals surface area contributed by atoms with E-state index in [1.807, 2.05) is 60.7 Å². The molecule has 0 saturated carbocycles. The van der Waals surface area contributed by atoms with Gasteiger partial charge in [0.15, 0.2) is 0 Å².